The van der Waals surface area contributed by atoms with Gasteiger partial charge in [0.05, 0.1) is 16.9 Å². The lowest BCUT2D eigenvalue weighted by Gasteiger charge is -2.32. The number of aromatic nitrogens is 1. The molecule has 1 aromatic heterocycles. The Labute approximate surface area is 122 Å². The molecule has 18 heavy (non-hydrogen) atoms. The highest BCUT2D eigenvalue weighted by Crippen LogP contribution is 2.32. The van der Waals surface area contributed by atoms with Crippen molar-refractivity contribution >= 4 is 39.7 Å². The van der Waals surface area contributed by atoms with Crippen LogP contribution < -0.4 is 4.90 Å². The smallest absolute Gasteiger partial charge is 0.187 e. The minimum absolute atomic E-state index is 0.320. The molecule has 0 aliphatic carbocycles. The normalized spacial score (nSPS) is 20.4. The van der Waals surface area contributed by atoms with E-state index in [4.69, 9.17) is 27.9 Å². The molecule has 1 atom stereocenters. The molecule has 1 saturated heterocycles. The van der Waals surface area contributed by atoms with Gasteiger partial charge in [-0.1, -0.05) is 29.9 Å². The second-order valence-corrected chi connectivity index (χ2v) is 6.11. The first kappa shape index (κ1) is 14.4. The molecule has 1 aliphatic heterocycles. The molecule has 0 N–H and O–H groups in total. The van der Waals surface area contributed by atoms with Crippen LogP contribution in [0.25, 0.3) is 0 Å². The van der Waals surface area contributed by atoms with Crippen molar-refractivity contribution in [3.63, 3.8) is 0 Å². The predicted molar refractivity (Wildman–Crippen MR) is 78.2 cm³/mol. The van der Waals surface area contributed by atoms with Crippen LogP contribution in [0.4, 0.5) is 5.13 Å². The van der Waals surface area contributed by atoms with Crippen LogP contribution >= 0.6 is 34.5 Å². The Morgan fingerprint density at radius 3 is 3.06 bits per heavy atom. The van der Waals surface area contributed by atoms with E-state index in [0.29, 0.717) is 17.1 Å². The highest BCUT2D eigenvalue weighted by Gasteiger charge is 2.23. The van der Waals surface area contributed by atoms with Crippen molar-refractivity contribution in [2.24, 2.45) is 0 Å². The van der Waals surface area contributed by atoms with E-state index in [1.54, 1.807) is 11.3 Å². The van der Waals surface area contributed by atoms with Crippen molar-refractivity contribution in [3.05, 3.63) is 10.0 Å². The molecule has 0 saturated carbocycles. The molecule has 0 bridgehead atoms. The predicted octanol–water partition coefficient (Wildman–Crippen LogP) is 3.93. The fraction of sp³-hybridized carbons (Fsp3) is 0.750. The summed E-state index contributed by atoms with van der Waals surface area (Å²) in [6, 6.07) is 0. The number of nitrogens with zero attached hydrogens (tertiary/aromatic N) is 2. The van der Waals surface area contributed by atoms with E-state index in [9.17, 15) is 0 Å². The Morgan fingerprint density at radius 1 is 1.56 bits per heavy atom. The minimum atomic E-state index is 0.320. The van der Waals surface area contributed by atoms with E-state index >= 15 is 0 Å². The zero-order valence-electron chi connectivity index (χ0n) is 10.5. The van der Waals surface area contributed by atoms with E-state index in [0.717, 1.165) is 49.0 Å². The monoisotopic (exact) mass is 308 g/mol. The maximum absolute atomic E-state index is 6.04. The number of anilines is 1. The fourth-order valence-electron chi connectivity index (χ4n) is 2.07. The quantitative estimate of drug-likeness (QED) is 0.771. The summed E-state index contributed by atoms with van der Waals surface area (Å²) in [5, 5.41) is 1.52. The van der Waals surface area contributed by atoms with Gasteiger partial charge in [0.15, 0.2) is 5.13 Å². The Balaban J connectivity index is 1.99. The van der Waals surface area contributed by atoms with E-state index in [1.807, 2.05) is 0 Å². The van der Waals surface area contributed by atoms with E-state index in [-0.39, 0.29) is 0 Å². The molecule has 2 heterocycles. The van der Waals surface area contributed by atoms with E-state index in [1.165, 1.54) is 0 Å². The molecule has 6 heteroatoms. The number of ether oxygens (including phenoxy) is 1. The number of piperidine rings is 1. The molecule has 102 valence electrons. The molecule has 0 radical (unpaired) electrons. The third-order valence-corrected chi connectivity index (χ3v) is 4.93. The number of rotatable bonds is 5. The molecule has 1 aliphatic rings. The maximum atomic E-state index is 6.04. The molecule has 1 fully saturated rings. The summed E-state index contributed by atoms with van der Waals surface area (Å²) in [5.74, 6) is 0.431. The van der Waals surface area contributed by atoms with Crippen molar-refractivity contribution in [2.75, 3.05) is 24.6 Å². The molecular formula is C12H18Cl2N2OS. The van der Waals surface area contributed by atoms with Gasteiger partial charge >= 0.3 is 0 Å². The van der Waals surface area contributed by atoms with Gasteiger partial charge in [-0.05, 0) is 19.3 Å². The molecule has 1 aromatic rings. The van der Waals surface area contributed by atoms with Crippen LogP contribution in [-0.4, -0.2) is 30.8 Å². The van der Waals surface area contributed by atoms with E-state index in [2.05, 4.69) is 16.8 Å². The molecule has 2 rings (SSSR count). The lowest BCUT2D eigenvalue weighted by Crippen LogP contribution is -2.39. The fourth-order valence-corrected chi connectivity index (χ4v) is 3.58. The summed E-state index contributed by atoms with van der Waals surface area (Å²) in [7, 11) is 0. The summed E-state index contributed by atoms with van der Waals surface area (Å²) in [4.78, 5) is 7.60. The summed E-state index contributed by atoms with van der Waals surface area (Å²) in [5.41, 5.74) is 0. The van der Waals surface area contributed by atoms with Gasteiger partial charge in [0.2, 0.25) is 0 Å². The first-order chi connectivity index (χ1) is 8.74. The second-order valence-electron chi connectivity index (χ2n) is 4.43. The van der Waals surface area contributed by atoms with Crippen LogP contribution in [0, 0.1) is 0 Å². The average Bonchev–Trinajstić information content (AvgIpc) is 2.78. The highest BCUT2D eigenvalue weighted by molar-refractivity contribution is 7.16. The van der Waals surface area contributed by atoms with Gasteiger partial charge in [-0.3, -0.25) is 0 Å². The van der Waals surface area contributed by atoms with Crippen LogP contribution in [0.3, 0.4) is 0 Å². The van der Waals surface area contributed by atoms with Crippen molar-refractivity contribution in [2.45, 2.75) is 38.2 Å². The van der Waals surface area contributed by atoms with Gasteiger partial charge in [0, 0.05) is 19.7 Å². The van der Waals surface area contributed by atoms with Gasteiger partial charge in [-0.15, -0.1) is 11.6 Å². The number of hydrogen-bond donors (Lipinski definition) is 0. The Bertz CT molecular complexity index is 386. The highest BCUT2D eigenvalue weighted by atomic mass is 35.5. The second kappa shape index (κ2) is 6.94. The number of thiazole rings is 1. The van der Waals surface area contributed by atoms with Gasteiger partial charge in [0.1, 0.15) is 5.15 Å². The lowest BCUT2D eigenvalue weighted by atomic mass is 10.1. The Hall–Kier alpha value is -0.0300. The lowest BCUT2D eigenvalue weighted by molar-refractivity contribution is 0.0440. The van der Waals surface area contributed by atoms with Crippen molar-refractivity contribution < 1.29 is 4.74 Å². The average molecular weight is 309 g/mol. The summed E-state index contributed by atoms with van der Waals surface area (Å²) in [6.07, 6.45) is 3.66. The van der Waals surface area contributed by atoms with Crippen molar-refractivity contribution in [1.29, 1.82) is 0 Å². The summed E-state index contributed by atoms with van der Waals surface area (Å²) in [6.45, 7) is 4.90. The topological polar surface area (TPSA) is 25.4 Å². The molecule has 1 unspecified atom stereocenters. The first-order valence-electron chi connectivity index (χ1n) is 6.32. The van der Waals surface area contributed by atoms with Crippen LogP contribution in [0.1, 0.15) is 31.1 Å². The molecule has 3 nitrogen and oxygen atoms in total. The van der Waals surface area contributed by atoms with Crippen molar-refractivity contribution in [3.8, 4) is 0 Å². The zero-order valence-corrected chi connectivity index (χ0v) is 12.8. The summed E-state index contributed by atoms with van der Waals surface area (Å²) < 4.78 is 5.82. The van der Waals surface area contributed by atoms with Crippen molar-refractivity contribution in [1.82, 2.24) is 4.98 Å². The Morgan fingerprint density at radius 2 is 2.39 bits per heavy atom. The van der Waals surface area contributed by atoms with Gasteiger partial charge in [0.25, 0.3) is 0 Å². The molecule has 0 spiro atoms. The third-order valence-electron chi connectivity index (χ3n) is 2.97. The van der Waals surface area contributed by atoms with Gasteiger partial charge in [-0.2, -0.15) is 0 Å². The van der Waals surface area contributed by atoms with Gasteiger partial charge < -0.3 is 9.64 Å². The SMILES string of the molecule is CCCOC1CCCN(c2nc(Cl)c(CCl)s2)C1. The number of halogens is 2. The third kappa shape index (κ3) is 3.50. The maximum Gasteiger partial charge on any atom is 0.187 e. The standard InChI is InChI=1S/C12H18Cl2N2OS/c1-2-6-17-9-4-3-5-16(8-9)12-15-11(14)10(7-13)18-12/h9H,2-8H2,1H3. The van der Waals surface area contributed by atoms with Crippen LogP contribution in [0.15, 0.2) is 0 Å². The van der Waals surface area contributed by atoms with E-state index < -0.39 is 0 Å². The van der Waals surface area contributed by atoms with Gasteiger partial charge in [-0.25, -0.2) is 4.98 Å². The molecule has 0 aromatic carbocycles. The first-order valence-corrected chi connectivity index (χ1v) is 8.05. The number of hydrogen-bond acceptors (Lipinski definition) is 4. The Kier molecular flexibility index (Phi) is 5.55. The van der Waals surface area contributed by atoms with Crippen LogP contribution in [-0.2, 0) is 10.6 Å². The largest absolute Gasteiger partial charge is 0.376 e. The number of alkyl halides is 1. The summed E-state index contributed by atoms with van der Waals surface area (Å²) >= 11 is 13.5. The minimum Gasteiger partial charge on any atom is -0.376 e. The molecule has 0 amide bonds. The van der Waals surface area contributed by atoms with Crippen LogP contribution in [0.2, 0.25) is 5.15 Å². The van der Waals surface area contributed by atoms with Crippen LogP contribution in [0.5, 0.6) is 0 Å². The molecular weight excluding hydrogens is 291 g/mol. The zero-order chi connectivity index (χ0) is 13.0.